The summed E-state index contributed by atoms with van der Waals surface area (Å²) in [4.78, 5) is 4.24. The molecule has 0 aromatic carbocycles. The van der Waals surface area contributed by atoms with Gasteiger partial charge in [0.25, 0.3) is 0 Å². The molecule has 1 unspecified atom stereocenters. The fourth-order valence-corrected chi connectivity index (χ4v) is 2.95. The number of rotatable bonds is 9. The molecule has 0 saturated carbocycles. The van der Waals surface area contributed by atoms with Gasteiger partial charge in [-0.25, -0.2) is 0 Å². The summed E-state index contributed by atoms with van der Waals surface area (Å²) in [5, 5.41) is 6.65. The molecule has 0 aromatic rings. The Hall–Kier alpha value is -0.580. The molecule has 0 fully saturated rings. The van der Waals surface area contributed by atoms with Crippen LogP contribution in [0.15, 0.2) is 4.99 Å². The monoisotopic (exact) mass is 331 g/mol. The zero-order chi connectivity index (χ0) is 17.2. The first kappa shape index (κ1) is 21.4. The van der Waals surface area contributed by atoms with Gasteiger partial charge in [-0.15, -0.1) is 0 Å². The van der Waals surface area contributed by atoms with E-state index in [1.807, 2.05) is 20.8 Å². The predicted octanol–water partition coefficient (Wildman–Crippen LogP) is 3.31. The molecule has 0 aliphatic rings. The Balaban J connectivity index is 4.10. The Labute approximate surface area is 140 Å². The van der Waals surface area contributed by atoms with Gasteiger partial charge in [-0.05, 0) is 32.6 Å². The predicted molar refractivity (Wildman–Crippen MR) is 100 cm³/mol. The van der Waals surface area contributed by atoms with Crippen LogP contribution in [0.5, 0.6) is 0 Å². The summed E-state index contributed by atoms with van der Waals surface area (Å²) in [7, 11) is 0.950. The lowest BCUT2D eigenvalue weighted by Gasteiger charge is -2.26. The highest BCUT2D eigenvalue weighted by Gasteiger charge is 2.19. The number of guanidine groups is 1. The van der Waals surface area contributed by atoms with E-state index < -0.39 is 10.8 Å². The van der Waals surface area contributed by atoms with Gasteiger partial charge in [-0.1, -0.05) is 40.0 Å². The fourth-order valence-electron chi connectivity index (χ4n) is 2.05. The Morgan fingerprint density at radius 2 is 1.73 bits per heavy atom. The minimum absolute atomic E-state index is 0.153. The van der Waals surface area contributed by atoms with Crippen molar-refractivity contribution in [2.24, 2.45) is 10.4 Å². The van der Waals surface area contributed by atoms with Gasteiger partial charge in [0.2, 0.25) is 0 Å². The Kier molecular flexibility index (Phi) is 9.97. The molecular formula is C17H37N3OS. The molecule has 0 bridgehead atoms. The van der Waals surface area contributed by atoms with Gasteiger partial charge in [0.15, 0.2) is 5.96 Å². The molecule has 0 amide bonds. The fraction of sp³-hybridized carbons (Fsp3) is 0.941. The topological polar surface area (TPSA) is 53.5 Å². The van der Waals surface area contributed by atoms with Gasteiger partial charge in [0.1, 0.15) is 0 Å². The van der Waals surface area contributed by atoms with Gasteiger partial charge in [0.05, 0.1) is 0 Å². The van der Waals surface area contributed by atoms with Crippen molar-refractivity contribution in [2.75, 3.05) is 25.9 Å². The first-order chi connectivity index (χ1) is 10.1. The van der Waals surface area contributed by atoms with E-state index in [0.717, 1.165) is 12.5 Å². The van der Waals surface area contributed by atoms with Crippen LogP contribution in [0.3, 0.4) is 0 Å². The SMILES string of the molecule is CCCCCC(C)(C)CNC(=NC)NCCS(=O)C(C)(C)C. The van der Waals surface area contributed by atoms with E-state index in [0.29, 0.717) is 12.3 Å². The maximum atomic E-state index is 12.0. The van der Waals surface area contributed by atoms with Crippen LogP contribution in [-0.4, -0.2) is 40.8 Å². The zero-order valence-electron chi connectivity index (χ0n) is 15.7. The molecule has 0 aliphatic heterocycles. The van der Waals surface area contributed by atoms with Crippen molar-refractivity contribution in [2.45, 2.75) is 72.0 Å². The first-order valence-electron chi connectivity index (χ1n) is 8.45. The highest BCUT2D eigenvalue weighted by Crippen LogP contribution is 2.22. The summed E-state index contributed by atoms with van der Waals surface area (Å²) < 4.78 is 11.9. The summed E-state index contributed by atoms with van der Waals surface area (Å²) in [5.41, 5.74) is 0.265. The third-order valence-corrected chi connectivity index (χ3v) is 5.62. The molecule has 0 rings (SSSR count). The van der Waals surface area contributed by atoms with E-state index in [9.17, 15) is 4.21 Å². The van der Waals surface area contributed by atoms with Crippen molar-refractivity contribution in [3.05, 3.63) is 0 Å². The maximum Gasteiger partial charge on any atom is 0.191 e. The molecule has 0 aromatic heterocycles. The van der Waals surface area contributed by atoms with Crippen LogP contribution in [0, 0.1) is 5.41 Å². The van der Waals surface area contributed by atoms with Crippen LogP contribution >= 0.6 is 0 Å². The molecule has 5 heteroatoms. The van der Waals surface area contributed by atoms with E-state index in [1.54, 1.807) is 7.05 Å². The molecule has 0 heterocycles. The second-order valence-corrected chi connectivity index (χ2v) is 9.96. The molecule has 0 radical (unpaired) electrons. The van der Waals surface area contributed by atoms with Crippen LogP contribution in [-0.2, 0) is 10.8 Å². The molecule has 0 spiro atoms. The Bertz CT molecular complexity index is 359. The van der Waals surface area contributed by atoms with Crippen molar-refractivity contribution in [1.82, 2.24) is 10.6 Å². The third-order valence-electron chi connectivity index (χ3n) is 3.68. The normalized spacial score (nSPS) is 14.8. The second-order valence-electron chi connectivity index (χ2n) is 7.64. The largest absolute Gasteiger partial charge is 0.356 e. The van der Waals surface area contributed by atoms with Gasteiger partial charge in [-0.3, -0.25) is 9.20 Å². The van der Waals surface area contributed by atoms with Crippen LogP contribution in [0.25, 0.3) is 0 Å². The standard InChI is InChI=1S/C17H37N3OS/c1-8-9-10-11-17(5,6)14-20-15(18-7)19-12-13-22(21)16(2,3)4/h8-14H2,1-7H3,(H2,18,19,20). The lowest BCUT2D eigenvalue weighted by atomic mass is 9.87. The minimum atomic E-state index is -0.827. The molecule has 22 heavy (non-hydrogen) atoms. The number of unbranched alkanes of at least 4 members (excludes halogenated alkanes) is 2. The van der Waals surface area contributed by atoms with Gasteiger partial charge in [0, 0.05) is 41.4 Å². The van der Waals surface area contributed by atoms with Crippen LogP contribution in [0.1, 0.15) is 67.2 Å². The molecular weight excluding hydrogens is 294 g/mol. The van der Waals surface area contributed by atoms with Crippen molar-refractivity contribution in [1.29, 1.82) is 0 Å². The summed E-state index contributed by atoms with van der Waals surface area (Å²) in [5.74, 6) is 1.44. The lowest BCUT2D eigenvalue weighted by Crippen LogP contribution is -2.43. The molecule has 132 valence electrons. The molecule has 2 N–H and O–H groups in total. The lowest BCUT2D eigenvalue weighted by molar-refractivity contribution is 0.318. The van der Waals surface area contributed by atoms with Crippen molar-refractivity contribution in [3.63, 3.8) is 0 Å². The van der Waals surface area contributed by atoms with Crippen molar-refractivity contribution in [3.8, 4) is 0 Å². The highest BCUT2D eigenvalue weighted by atomic mass is 32.2. The van der Waals surface area contributed by atoms with E-state index in [-0.39, 0.29) is 10.2 Å². The van der Waals surface area contributed by atoms with E-state index in [2.05, 4.69) is 36.4 Å². The molecule has 0 aliphatic carbocycles. The quantitative estimate of drug-likeness (QED) is 0.387. The van der Waals surface area contributed by atoms with Crippen molar-refractivity contribution < 1.29 is 4.21 Å². The summed E-state index contributed by atoms with van der Waals surface area (Å²) in [6, 6.07) is 0. The number of aliphatic imine (C=N–C) groups is 1. The van der Waals surface area contributed by atoms with Gasteiger partial charge >= 0.3 is 0 Å². The average Bonchev–Trinajstić information content (AvgIpc) is 2.41. The smallest absolute Gasteiger partial charge is 0.191 e. The highest BCUT2D eigenvalue weighted by molar-refractivity contribution is 7.86. The molecule has 0 saturated heterocycles. The van der Waals surface area contributed by atoms with E-state index in [1.165, 1.54) is 25.7 Å². The van der Waals surface area contributed by atoms with Crippen molar-refractivity contribution >= 4 is 16.8 Å². The number of hydrogen-bond acceptors (Lipinski definition) is 2. The number of nitrogens with zero attached hydrogens (tertiary/aromatic N) is 1. The minimum Gasteiger partial charge on any atom is -0.356 e. The summed E-state index contributed by atoms with van der Waals surface area (Å²) >= 11 is 0. The summed E-state index contributed by atoms with van der Waals surface area (Å²) in [6.07, 6.45) is 5.06. The Morgan fingerprint density at radius 1 is 1.09 bits per heavy atom. The first-order valence-corrected chi connectivity index (χ1v) is 9.77. The van der Waals surface area contributed by atoms with Crippen LogP contribution < -0.4 is 10.6 Å². The van der Waals surface area contributed by atoms with Gasteiger partial charge in [-0.2, -0.15) is 0 Å². The number of hydrogen-bond donors (Lipinski definition) is 2. The van der Waals surface area contributed by atoms with Gasteiger partial charge < -0.3 is 10.6 Å². The maximum absolute atomic E-state index is 12.0. The molecule has 4 nitrogen and oxygen atoms in total. The third kappa shape index (κ3) is 10.2. The Morgan fingerprint density at radius 3 is 2.23 bits per heavy atom. The molecule has 1 atom stereocenters. The van der Waals surface area contributed by atoms with E-state index >= 15 is 0 Å². The summed E-state index contributed by atoms with van der Waals surface area (Å²) in [6.45, 7) is 14.4. The second kappa shape index (κ2) is 10.2. The van der Waals surface area contributed by atoms with Crippen LogP contribution in [0.2, 0.25) is 0 Å². The van der Waals surface area contributed by atoms with Crippen LogP contribution in [0.4, 0.5) is 0 Å². The van der Waals surface area contributed by atoms with E-state index in [4.69, 9.17) is 0 Å². The zero-order valence-corrected chi connectivity index (χ0v) is 16.5. The number of nitrogens with one attached hydrogen (secondary N) is 2. The average molecular weight is 332 g/mol.